The minimum Gasteiger partial charge on any atom is -0.335 e. The van der Waals surface area contributed by atoms with E-state index in [1.165, 1.54) is 11.3 Å². The molecule has 0 fully saturated rings. The molecule has 2 rings (SSSR count). The van der Waals surface area contributed by atoms with Crippen LogP contribution in [-0.4, -0.2) is 9.55 Å². The van der Waals surface area contributed by atoms with Gasteiger partial charge < -0.3 is 10.3 Å². The lowest BCUT2D eigenvalue weighted by atomic mass is 10.1. The Labute approximate surface area is 113 Å². The zero-order valence-corrected chi connectivity index (χ0v) is 11.5. The van der Waals surface area contributed by atoms with E-state index in [2.05, 4.69) is 15.6 Å². The maximum absolute atomic E-state index is 5.98. The quantitative estimate of drug-likeness (QED) is 0.922. The van der Waals surface area contributed by atoms with Crippen LogP contribution in [0.3, 0.4) is 0 Å². The van der Waals surface area contributed by atoms with E-state index in [4.69, 9.17) is 17.3 Å². The van der Waals surface area contributed by atoms with Crippen molar-refractivity contribution in [3.63, 3.8) is 0 Å². The molecular weight excluding hydrogens is 246 g/mol. The third-order valence-electron chi connectivity index (χ3n) is 3.25. The van der Waals surface area contributed by atoms with Crippen LogP contribution in [0, 0.1) is 6.92 Å². The molecule has 0 aliphatic heterocycles. The van der Waals surface area contributed by atoms with Gasteiger partial charge in [-0.2, -0.15) is 0 Å². The fourth-order valence-electron chi connectivity index (χ4n) is 2.15. The van der Waals surface area contributed by atoms with E-state index in [0.717, 1.165) is 29.4 Å². The van der Waals surface area contributed by atoms with Gasteiger partial charge in [0, 0.05) is 24.3 Å². The number of imidazole rings is 1. The molecule has 3 nitrogen and oxygen atoms in total. The van der Waals surface area contributed by atoms with E-state index in [0.29, 0.717) is 6.54 Å². The summed E-state index contributed by atoms with van der Waals surface area (Å²) < 4.78 is 2.12. The highest BCUT2D eigenvalue weighted by molar-refractivity contribution is 6.30. The topological polar surface area (TPSA) is 43.8 Å². The van der Waals surface area contributed by atoms with Gasteiger partial charge in [-0.25, -0.2) is 4.98 Å². The standard InChI is InChI=1S/C14H18ClN3/c1-10-17-13(9-16)14(18(10)2)7-6-11-4-3-5-12(15)8-11/h3-5,8H,6-7,9,16H2,1-2H3. The summed E-state index contributed by atoms with van der Waals surface area (Å²) in [5.74, 6) is 1.01. The summed E-state index contributed by atoms with van der Waals surface area (Å²) in [6, 6.07) is 7.98. The Kier molecular flexibility index (Phi) is 4.04. The van der Waals surface area contributed by atoms with E-state index in [1.54, 1.807) is 0 Å². The van der Waals surface area contributed by atoms with E-state index in [9.17, 15) is 0 Å². The van der Waals surface area contributed by atoms with Crippen LogP contribution >= 0.6 is 11.6 Å². The summed E-state index contributed by atoms with van der Waals surface area (Å²) in [5.41, 5.74) is 9.18. The van der Waals surface area contributed by atoms with Crippen molar-refractivity contribution in [2.24, 2.45) is 12.8 Å². The summed E-state index contributed by atoms with van der Waals surface area (Å²) in [6.45, 7) is 2.49. The van der Waals surface area contributed by atoms with Crippen molar-refractivity contribution in [2.45, 2.75) is 26.3 Å². The first kappa shape index (κ1) is 13.1. The van der Waals surface area contributed by atoms with Crippen LogP contribution in [0.5, 0.6) is 0 Å². The van der Waals surface area contributed by atoms with Crippen molar-refractivity contribution in [1.82, 2.24) is 9.55 Å². The number of aromatic nitrogens is 2. The molecule has 1 heterocycles. The normalized spacial score (nSPS) is 10.9. The number of rotatable bonds is 4. The average Bonchev–Trinajstić information content (AvgIpc) is 2.63. The zero-order chi connectivity index (χ0) is 13.1. The molecule has 2 aromatic rings. The molecular formula is C14H18ClN3. The minimum absolute atomic E-state index is 0.493. The van der Waals surface area contributed by atoms with Gasteiger partial charge in [0.05, 0.1) is 5.69 Å². The van der Waals surface area contributed by atoms with Gasteiger partial charge in [-0.05, 0) is 37.5 Å². The van der Waals surface area contributed by atoms with Gasteiger partial charge in [-0.1, -0.05) is 23.7 Å². The Morgan fingerprint density at radius 3 is 2.78 bits per heavy atom. The predicted molar refractivity (Wildman–Crippen MR) is 74.7 cm³/mol. The van der Waals surface area contributed by atoms with Crippen LogP contribution in [-0.2, 0) is 26.4 Å². The maximum Gasteiger partial charge on any atom is 0.105 e. The molecule has 18 heavy (non-hydrogen) atoms. The number of benzene rings is 1. The van der Waals surface area contributed by atoms with Crippen LogP contribution < -0.4 is 5.73 Å². The lowest BCUT2D eigenvalue weighted by Gasteiger charge is -2.06. The Hall–Kier alpha value is -1.32. The van der Waals surface area contributed by atoms with E-state index in [-0.39, 0.29) is 0 Å². The molecule has 0 aliphatic carbocycles. The minimum atomic E-state index is 0.493. The Balaban J connectivity index is 2.15. The molecule has 0 aliphatic rings. The van der Waals surface area contributed by atoms with Gasteiger partial charge in [-0.15, -0.1) is 0 Å². The van der Waals surface area contributed by atoms with Crippen molar-refractivity contribution in [3.05, 3.63) is 52.1 Å². The van der Waals surface area contributed by atoms with Crippen molar-refractivity contribution < 1.29 is 0 Å². The molecule has 0 spiro atoms. The third-order valence-corrected chi connectivity index (χ3v) is 3.49. The number of halogens is 1. The van der Waals surface area contributed by atoms with Crippen LogP contribution in [0.4, 0.5) is 0 Å². The van der Waals surface area contributed by atoms with Gasteiger partial charge in [0.2, 0.25) is 0 Å². The molecule has 1 aromatic heterocycles. The smallest absolute Gasteiger partial charge is 0.105 e. The SMILES string of the molecule is Cc1nc(CN)c(CCc2cccc(Cl)c2)n1C. The molecule has 0 saturated carbocycles. The first-order valence-electron chi connectivity index (χ1n) is 6.07. The number of nitrogens with zero attached hydrogens (tertiary/aromatic N) is 2. The fourth-order valence-corrected chi connectivity index (χ4v) is 2.37. The second-order valence-corrected chi connectivity index (χ2v) is 4.88. The molecule has 96 valence electrons. The van der Waals surface area contributed by atoms with E-state index in [1.807, 2.05) is 32.2 Å². The van der Waals surface area contributed by atoms with E-state index < -0.39 is 0 Å². The molecule has 0 unspecified atom stereocenters. The summed E-state index contributed by atoms with van der Waals surface area (Å²) >= 11 is 5.98. The molecule has 4 heteroatoms. The van der Waals surface area contributed by atoms with Crippen LogP contribution in [0.2, 0.25) is 5.02 Å². The summed E-state index contributed by atoms with van der Waals surface area (Å²) in [5, 5.41) is 0.785. The number of nitrogens with two attached hydrogens (primary N) is 1. The van der Waals surface area contributed by atoms with Gasteiger partial charge in [0.25, 0.3) is 0 Å². The Morgan fingerprint density at radius 2 is 2.11 bits per heavy atom. The maximum atomic E-state index is 5.98. The predicted octanol–water partition coefficient (Wildman–Crippen LogP) is 2.63. The summed E-state index contributed by atoms with van der Waals surface area (Å²) in [4.78, 5) is 4.47. The van der Waals surface area contributed by atoms with Crippen molar-refractivity contribution >= 4 is 11.6 Å². The average molecular weight is 264 g/mol. The Bertz CT molecular complexity index is 546. The lowest BCUT2D eigenvalue weighted by Crippen LogP contribution is -2.06. The Morgan fingerprint density at radius 1 is 1.33 bits per heavy atom. The molecule has 0 radical (unpaired) electrons. The number of hydrogen-bond donors (Lipinski definition) is 1. The molecule has 0 amide bonds. The van der Waals surface area contributed by atoms with Gasteiger partial charge in [0.15, 0.2) is 0 Å². The highest BCUT2D eigenvalue weighted by atomic mass is 35.5. The second-order valence-electron chi connectivity index (χ2n) is 4.45. The first-order valence-corrected chi connectivity index (χ1v) is 6.45. The van der Waals surface area contributed by atoms with Gasteiger partial charge in [-0.3, -0.25) is 0 Å². The number of aryl methyl sites for hydroxylation is 2. The summed E-state index contributed by atoms with van der Waals surface area (Å²) in [6.07, 6.45) is 1.89. The molecule has 0 bridgehead atoms. The zero-order valence-electron chi connectivity index (χ0n) is 10.8. The van der Waals surface area contributed by atoms with Gasteiger partial charge in [0.1, 0.15) is 5.82 Å². The largest absolute Gasteiger partial charge is 0.335 e. The van der Waals surface area contributed by atoms with Crippen LogP contribution in [0.15, 0.2) is 24.3 Å². The molecule has 2 N–H and O–H groups in total. The second kappa shape index (κ2) is 5.55. The fraction of sp³-hybridized carbons (Fsp3) is 0.357. The summed E-state index contributed by atoms with van der Waals surface area (Å²) in [7, 11) is 2.04. The van der Waals surface area contributed by atoms with Crippen molar-refractivity contribution in [1.29, 1.82) is 0 Å². The van der Waals surface area contributed by atoms with Crippen molar-refractivity contribution in [2.75, 3.05) is 0 Å². The monoisotopic (exact) mass is 263 g/mol. The number of hydrogen-bond acceptors (Lipinski definition) is 2. The molecule has 0 saturated heterocycles. The lowest BCUT2D eigenvalue weighted by molar-refractivity contribution is 0.765. The molecule has 0 atom stereocenters. The van der Waals surface area contributed by atoms with Crippen LogP contribution in [0.25, 0.3) is 0 Å². The highest BCUT2D eigenvalue weighted by Gasteiger charge is 2.10. The van der Waals surface area contributed by atoms with Gasteiger partial charge >= 0.3 is 0 Å². The third kappa shape index (κ3) is 2.74. The van der Waals surface area contributed by atoms with Crippen LogP contribution in [0.1, 0.15) is 22.8 Å². The molecule has 1 aromatic carbocycles. The van der Waals surface area contributed by atoms with E-state index >= 15 is 0 Å². The first-order chi connectivity index (χ1) is 8.61. The highest BCUT2D eigenvalue weighted by Crippen LogP contribution is 2.16. The van der Waals surface area contributed by atoms with Crippen molar-refractivity contribution in [3.8, 4) is 0 Å².